The molecule has 3 aromatic rings. The largest absolute Gasteiger partial charge is 0.381 e. The molecule has 0 unspecified atom stereocenters. The van der Waals surface area contributed by atoms with Crippen molar-refractivity contribution in [2.45, 2.75) is 48.2 Å². The number of nitrogens with one attached hydrogen (secondary N) is 2. The fourth-order valence-corrected chi connectivity index (χ4v) is 6.12. The molecule has 2 fully saturated rings. The Bertz CT molecular complexity index is 1240. The number of anilines is 2. The number of nitrogens with zero attached hydrogens (tertiary/aromatic N) is 5. The van der Waals surface area contributed by atoms with Gasteiger partial charge in [0.05, 0.1) is 0 Å². The Morgan fingerprint density at radius 2 is 2.00 bits per heavy atom. The van der Waals surface area contributed by atoms with Crippen LogP contribution in [0.25, 0.3) is 0 Å². The van der Waals surface area contributed by atoms with Gasteiger partial charge in [0.15, 0.2) is 10.3 Å². The van der Waals surface area contributed by atoms with Crippen molar-refractivity contribution in [2.75, 3.05) is 43.1 Å². The number of thiocarbonyl (C=S) groups is 1. The van der Waals surface area contributed by atoms with Gasteiger partial charge in [-0.25, -0.2) is 15.0 Å². The molecule has 5 rings (SSSR count). The van der Waals surface area contributed by atoms with Crippen molar-refractivity contribution in [2.24, 2.45) is 5.92 Å². The van der Waals surface area contributed by atoms with Crippen molar-refractivity contribution in [1.82, 2.24) is 25.3 Å². The summed E-state index contributed by atoms with van der Waals surface area (Å²) in [5.74, 6) is 1.96. The van der Waals surface area contributed by atoms with Gasteiger partial charge >= 0.3 is 0 Å². The molecule has 1 atom stereocenters. The van der Waals surface area contributed by atoms with Crippen LogP contribution in [-0.4, -0.2) is 57.9 Å². The van der Waals surface area contributed by atoms with Gasteiger partial charge in [0.25, 0.3) is 0 Å². The Morgan fingerprint density at radius 3 is 2.76 bits per heavy atom. The highest BCUT2D eigenvalue weighted by Crippen LogP contribution is 2.35. The predicted molar refractivity (Wildman–Crippen MR) is 156 cm³/mol. The number of hydrogen-bond donors (Lipinski definition) is 2. The lowest BCUT2D eigenvalue weighted by atomic mass is 9.74. The summed E-state index contributed by atoms with van der Waals surface area (Å²) in [4.78, 5) is 20.6. The van der Waals surface area contributed by atoms with Crippen LogP contribution in [0.4, 0.5) is 11.8 Å². The molecule has 1 aromatic carbocycles. The van der Waals surface area contributed by atoms with E-state index in [0.717, 1.165) is 48.2 Å². The molecule has 4 heterocycles. The maximum absolute atomic E-state index is 6.34. The second-order valence-corrected chi connectivity index (χ2v) is 11.8. The SMILES string of the molecule is C[C@H]1CCCN(c2cc(Sc3ncccn3)nc(NC(=S)NCC3(c4cccc(Cl)c4)CCOCC3)n2)C1. The quantitative estimate of drug-likeness (QED) is 0.221. The molecule has 0 spiro atoms. The van der Waals surface area contributed by atoms with Gasteiger partial charge in [-0.2, -0.15) is 4.98 Å². The van der Waals surface area contributed by atoms with E-state index in [1.165, 1.54) is 23.7 Å². The van der Waals surface area contributed by atoms with Gasteiger partial charge in [-0.05, 0) is 79.3 Å². The van der Waals surface area contributed by atoms with Gasteiger partial charge in [-0.15, -0.1) is 0 Å². The van der Waals surface area contributed by atoms with Crippen LogP contribution in [0.3, 0.4) is 0 Å². The summed E-state index contributed by atoms with van der Waals surface area (Å²) < 4.78 is 5.67. The maximum atomic E-state index is 6.34. The number of halogens is 1. The molecule has 11 heteroatoms. The van der Waals surface area contributed by atoms with E-state index >= 15 is 0 Å². The standard InChI is InChI=1S/C27H32ClN7OS2/c1-19-5-3-12-35(17-19)22-16-23(38-26-29-10-4-11-30-26)33-24(32-22)34-25(37)31-18-27(8-13-36-14-9-27)20-6-2-7-21(28)15-20/h2,4,6-7,10-11,15-16,19H,3,5,8-9,12-14,17-18H2,1H3,(H2,31,32,33,34,37)/t19-/m0/s1. The number of ether oxygens (including phenoxy) is 1. The molecule has 8 nitrogen and oxygen atoms in total. The zero-order chi connectivity index (χ0) is 26.4. The van der Waals surface area contributed by atoms with Crippen molar-refractivity contribution < 1.29 is 4.74 Å². The molecular formula is C27H32ClN7OS2. The highest BCUT2D eigenvalue weighted by atomic mass is 35.5. The summed E-state index contributed by atoms with van der Waals surface area (Å²) in [5, 5.41) is 9.29. The van der Waals surface area contributed by atoms with Crippen LogP contribution in [0.2, 0.25) is 5.02 Å². The minimum atomic E-state index is -0.118. The first-order valence-corrected chi connectivity index (χ1v) is 14.6. The molecule has 0 radical (unpaired) electrons. The Morgan fingerprint density at radius 1 is 1.18 bits per heavy atom. The van der Waals surface area contributed by atoms with Crippen molar-refractivity contribution >= 4 is 52.5 Å². The predicted octanol–water partition coefficient (Wildman–Crippen LogP) is 5.34. The van der Waals surface area contributed by atoms with Gasteiger partial charge in [0.1, 0.15) is 10.8 Å². The van der Waals surface area contributed by atoms with Crippen LogP contribution in [0.1, 0.15) is 38.2 Å². The first-order chi connectivity index (χ1) is 18.5. The number of benzene rings is 1. The first kappa shape index (κ1) is 27.1. The third kappa shape index (κ3) is 6.91. The zero-order valence-corrected chi connectivity index (χ0v) is 23.8. The number of hydrogen-bond acceptors (Lipinski definition) is 8. The van der Waals surface area contributed by atoms with E-state index in [2.05, 4.69) is 38.5 Å². The third-order valence-corrected chi connectivity index (χ3v) is 8.40. The molecule has 2 aliphatic heterocycles. The van der Waals surface area contributed by atoms with Gasteiger partial charge in [-0.1, -0.05) is 30.7 Å². The first-order valence-electron chi connectivity index (χ1n) is 13.0. The van der Waals surface area contributed by atoms with Crippen LogP contribution in [0.5, 0.6) is 0 Å². The highest BCUT2D eigenvalue weighted by molar-refractivity contribution is 7.99. The van der Waals surface area contributed by atoms with Gasteiger partial charge in [0.2, 0.25) is 5.95 Å². The molecule has 0 saturated carbocycles. The Kier molecular flexibility index (Phi) is 8.93. The number of aromatic nitrogens is 4. The summed E-state index contributed by atoms with van der Waals surface area (Å²) in [5.41, 5.74) is 1.08. The summed E-state index contributed by atoms with van der Waals surface area (Å²) in [6, 6.07) is 11.9. The minimum absolute atomic E-state index is 0.118. The number of piperidine rings is 1. The molecule has 38 heavy (non-hydrogen) atoms. The average molecular weight is 570 g/mol. The van der Waals surface area contributed by atoms with E-state index in [1.54, 1.807) is 18.5 Å². The molecule has 0 bridgehead atoms. The number of rotatable bonds is 7. The van der Waals surface area contributed by atoms with E-state index in [0.29, 0.717) is 41.9 Å². The van der Waals surface area contributed by atoms with Crippen molar-refractivity contribution in [3.05, 3.63) is 59.4 Å². The van der Waals surface area contributed by atoms with Crippen molar-refractivity contribution in [3.63, 3.8) is 0 Å². The fourth-order valence-electron chi connectivity index (χ4n) is 5.06. The van der Waals surface area contributed by atoms with E-state index in [-0.39, 0.29) is 5.41 Å². The third-order valence-electron chi connectivity index (χ3n) is 7.11. The molecule has 2 N–H and O–H groups in total. The van der Waals surface area contributed by atoms with Crippen LogP contribution in [-0.2, 0) is 10.2 Å². The fraction of sp³-hybridized carbons (Fsp3) is 0.444. The lowest BCUT2D eigenvalue weighted by Gasteiger charge is -2.38. The van der Waals surface area contributed by atoms with Gasteiger partial charge < -0.3 is 20.3 Å². The summed E-state index contributed by atoms with van der Waals surface area (Å²) in [7, 11) is 0. The smallest absolute Gasteiger partial charge is 0.232 e. The van der Waals surface area contributed by atoms with Crippen LogP contribution < -0.4 is 15.5 Å². The van der Waals surface area contributed by atoms with Gasteiger partial charge in [0, 0.05) is 61.7 Å². The topological polar surface area (TPSA) is 88.1 Å². The lowest BCUT2D eigenvalue weighted by molar-refractivity contribution is 0.0515. The van der Waals surface area contributed by atoms with Gasteiger partial charge in [-0.3, -0.25) is 0 Å². The maximum Gasteiger partial charge on any atom is 0.232 e. The van der Waals surface area contributed by atoms with Crippen LogP contribution in [0, 0.1) is 5.92 Å². The average Bonchev–Trinajstić information content (AvgIpc) is 2.93. The molecule has 2 aliphatic rings. The monoisotopic (exact) mass is 569 g/mol. The highest BCUT2D eigenvalue weighted by Gasteiger charge is 2.35. The molecule has 2 aromatic heterocycles. The van der Waals surface area contributed by atoms with Crippen LogP contribution >= 0.6 is 35.6 Å². The second-order valence-electron chi connectivity index (χ2n) is 9.93. The van der Waals surface area contributed by atoms with Crippen molar-refractivity contribution in [1.29, 1.82) is 0 Å². The zero-order valence-electron chi connectivity index (χ0n) is 21.4. The molecular weight excluding hydrogens is 538 g/mol. The van der Waals surface area contributed by atoms with Crippen molar-refractivity contribution in [3.8, 4) is 0 Å². The molecule has 0 amide bonds. The Hall–Kier alpha value is -2.53. The lowest BCUT2D eigenvalue weighted by Crippen LogP contribution is -2.45. The van der Waals surface area contributed by atoms with Crippen LogP contribution in [0.15, 0.2) is 59.0 Å². The Balaban J connectivity index is 1.33. The van der Waals surface area contributed by atoms with E-state index in [1.807, 2.05) is 24.3 Å². The molecule has 0 aliphatic carbocycles. The second kappa shape index (κ2) is 12.5. The molecule has 2 saturated heterocycles. The van der Waals surface area contributed by atoms with E-state index in [9.17, 15) is 0 Å². The van der Waals surface area contributed by atoms with E-state index in [4.69, 9.17) is 38.5 Å². The molecule has 200 valence electrons. The summed E-state index contributed by atoms with van der Waals surface area (Å²) >= 11 is 13.5. The normalized spacial score (nSPS) is 19.1. The summed E-state index contributed by atoms with van der Waals surface area (Å²) in [6.45, 7) is 6.29. The minimum Gasteiger partial charge on any atom is -0.381 e. The van der Waals surface area contributed by atoms with E-state index < -0.39 is 0 Å². The Labute approximate surface area is 238 Å². The summed E-state index contributed by atoms with van der Waals surface area (Å²) in [6.07, 6.45) is 7.62.